The smallest absolute Gasteiger partial charge is 0.242 e. The lowest BCUT2D eigenvalue weighted by Crippen LogP contribution is -2.33. The van der Waals surface area contributed by atoms with E-state index < -0.39 is 5.92 Å². The minimum absolute atomic E-state index is 0.0267. The molecular formula is C25H22N2O3. The molecule has 2 aromatic rings. The van der Waals surface area contributed by atoms with Crippen LogP contribution in [0.4, 0.5) is 5.69 Å². The van der Waals surface area contributed by atoms with Gasteiger partial charge in [-0.15, -0.1) is 0 Å². The molecular weight excluding hydrogens is 376 g/mol. The summed E-state index contributed by atoms with van der Waals surface area (Å²) < 4.78 is 5.93. The van der Waals surface area contributed by atoms with Gasteiger partial charge in [-0.1, -0.05) is 48.6 Å². The van der Waals surface area contributed by atoms with Crippen LogP contribution in [-0.4, -0.2) is 29.8 Å². The fraction of sp³-hybridized carbons (Fsp3) is 0.280. The van der Waals surface area contributed by atoms with E-state index >= 15 is 0 Å². The maximum atomic E-state index is 13.4. The van der Waals surface area contributed by atoms with Crippen molar-refractivity contribution in [1.29, 1.82) is 0 Å². The molecule has 1 aromatic heterocycles. The molecule has 5 heteroatoms. The summed E-state index contributed by atoms with van der Waals surface area (Å²) in [6.07, 6.45) is 13.1. The van der Waals surface area contributed by atoms with E-state index in [1.54, 1.807) is 6.26 Å². The summed E-state index contributed by atoms with van der Waals surface area (Å²) in [6, 6.07) is 11.4. The highest BCUT2D eigenvalue weighted by Gasteiger charge is 2.55. The van der Waals surface area contributed by atoms with Crippen LogP contribution in [0.2, 0.25) is 0 Å². The monoisotopic (exact) mass is 398 g/mol. The second kappa shape index (κ2) is 6.33. The quantitative estimate of drug-likeness (QED) is 0.718. The molecule has 1 fully saturated rings. The lowest BCUT2D eigenvalue weighted by Gasteiger charge is -2.34. The van der Waals surface area contributed by atoms with Crippen molar-refractivity contribution in [3.05, 3.63) is 90.1 Å². The normalized spacial score (nSPS) is 31.6. The largest absolute Gasteiger partial charge is 0.468 e. The van der Waals surface area contributed by atoms with Crippen LogP contribution in [0.5, 0.6) is 0 Å². The predicted octanol–water partition coefficient (Wildman–Crippen LogP) is 3.98. The van der Waals surface area contributed by atoms with Crippen LogP contribution < -0.4 is 4.90 Å². The third-order valence-electron chi connectivity index (χ3n) is 7.03. The second-order valence-corrected chi connectivity index (χ2v) is 8.50. The molecule has 0 N–H and O–H groups in total. The molecule has 1 saturated heterocycles. The number of likely N-dealkylation sites (N-methyl/N-ethyl adjacent to an activating group) is 1. The van der Waals surface area contributed by atoms with E-state index in [2.05, 4.69) is 42.3 Å². The van der Waals surface area contributed by atoms with Gasteiger partial charge in [-0.3, -0.25) is 9.59 Å². The number of carbonyl (C=O) groups excluding carboxylic acids is 2. The Morgan fingerprint density at radius 2 is 1.80 bits per heavy atom. The van der Waals surface area contributed by atoms with Gasteiger partial charge in [-0.05, 0) is 24.6 Å². The molecule has 0 bridgehead atoms. The minimum Gasteiger partial charge on any atom is -0.468 e. The molecule has 3 heterocycles. The van der Waals surface area contributed by atoms with Gasteiger partial charge in [0.15, 0.2) is 0 Å². The zero-order chi connectivity index (χ0) is 20.4. The number of amides is 2. The average Bonchev–Trinajstić information content (AvgIpc) is 3.44. The fourth-order valence-corrected chi connectivity index (χ4v) is 5.64. The number of anilines is 1. The summed E-state index contributed by atoms with van der Waals surface area (Å²) in [5.41, 5.74) is 2.68. The number of allylic oxidation sites excluding steroid dienone is 3. The van der Waals surface area contributed by atoms with Crippen molar-refractivity contribution in [3.8, 4) is 0 Å². The summed E-state index contributed by atoms with van der Waals surface area (Å²) in [4.78, 5) is 30.4. The molecule has 2 amide bonds. The predicted molar refractivity (Wildman–Crippen MR) is 113 cm³/mol. The van der Waals surface area contributed by atoms with Gasteiger partial charge in [-0.2, -0.15) is 0 Å². The highest BCUT2D eigenvalue weighted by molar-refractivity contribution is 6.24. The molecule has 4 aliphatic rings. The minimum atomic E-state index is -0.461. The van der Waals surface area contributed by atoms with Gasteiger partial charge in [0, 0.05) is 24.2 Å². The van der Waals surface area contributed by atoms with Crippen molar-refractivity contribution in [3.63, 3.8) is 0 Å². The number of furan rings is 1. The number of nitrogens with zero attached hydrogens (tertiary/aromatic N) is 2. The molecule has 2 aliphatic heterocycles. The first-order valence-corrected chi connectivity index (χ1v) is 10.4. The number of carbonyl (C=O) groups is 2. The van der Waals surface area contributed by atoms with E-state index in [9.17, 15) is 9.59 Å². The first-order chi connectivity index (χ1) is 14.6. The van der Waals surface area contributed by atoms with E-state index in [0.29, 0.717) is 24.1 Å². The Labute approximate surface area is 175 Å². The topological polar surface area (TPSA) is 53.8 Å². The van der Waals surface area contributed by atoms with Gasteiger partial charge in [0.25, 0.3) is 0 Å². The van der Waals surface area contributed by atoms with Gasteiger partial charge in [-0.25, -0.2) is 4.90 Å². The van der Waals surface area contributed by atoms with Crippen molar-refractivity contribution < 1.29 is 14.0 Å². The number of benzene rings is 1. The molecule has 2 aliphatic carbocycles. The summed E-state index contributed by atoms with van der Waals surface area (Å²) in [7, 11) is 2.10. The van der Waals surface area contributed by atoms with Crippen molar-refractivity contribution in [2.24, 2.45) is 11.8 Å². The fourth-order valence-electron chi connectivity index (χ4n) is 5.64. The molecule has 2 unspecified atom stereocenters. The third kappa shape index (κ3) is 2.29. The Kier molecular flexibility index (Phi) is 3.69. The third-order valence-corrected chi connectivity index (χ3v) is 7.03. The number of hydrogen-bond acceptors (Lipinski definition) is 4. The van der Waals surface area contributed by atoms with Crippen molar-refractivity contribution in [2.75, 3.05) is 11.9 Å². The zero-order valence-electron chi connectivity index (χ0n) is 16.6. The molecule has 1 aromatic carbocycles. The summed E-state index contributed by atoms with van der Waals surface area (Å²) in [6.45, 7) is 0. The van der Waals surface area contributed by atoms with E-state index in [1.807, 2.05) is 36.4 Å². The van der Waals surface area contributed by atoms with E-state index in [-0.39, 0.29) is 23.7 Å². The molecule has 5 atom stereocenters. The number of para-hydroxylation sites is 1. The first-order valence-electron chi connectivity index (χ1n) is 10.4. The van der Waals surface area contributed by atoms with E-state index in [4.69, 9.17) is 4.42 Å². The summed E-state index contributed by atoms with van der Waals surface area (Å²) in [5.74, 6) is 0.0519. The Hall–Kier alpha value is -3.34. The number of hydrogen-bond donors (Lipinski definition) is 0. The maximum absolute atomic E-state index is 13.4. The Balaban J connectivity index is 1.41. The zero-order valence-corrected chi connectivity index (χ0v) is 16.6. The second-order valence-electron chi connectivity index (χ2n) is 8.50. The SMILES string of the molecule is CN1C([C@@H]2C[C@@H]3C(=O)N(c4ccccc4)C(=O)[C@@H]3c3ccoc32)=CC2C=CC=CC21. The van der Waals surface area contributed by atoms with Crippen LogP contribution in [-0.2, 0) is 9.59 Å². The van der Waals surface area contributed by atoms with Gasteiger partial charge in [0.1, 0.15) is 5.76 Å². The van der Waals surface area contributed by atoms with Crippen molar-refractivity contribution >= 4 is 17.5 Å². The Bertz CT molecular complexity index is 1130. The van der Waals surface area contributed by atoms with Gasteiger partial charge >= 0.3 is 0 Å². The van der Waals surface area contributed by atoms with Gasteiger partial charge in [0.05, 0.1) is 35.7 Å². The lowest BCUT2D eigenvalue weighted by molar-refractivity contribution is -0.122. The van der Waals surface area contributed by atoms with Gasteiger partial charge < -0.3 is 9.32 Å². The highest BCUT2D eigenvalue weighted by atomic mass is 16.3. The van der Waals surface area contributed by atoms with Crippen LogP contribution in [0.3, 0.4) is 0 Å². The van der Waals surface area contributed by atoms with Crippen molar-refractivity contribution in [1.82, 2.24) is 4.90 Å². The van der Waals surface area contributed by atoms with E-state index in [0.717, 1.165) is 11.3 Å². The average molecular weight is 398 g/mol. The highest BCUT2D eigenvalue weighted by Crippen LogP contribution is 2.53. The van der Waals surface area contributed by atoms with E-state index in [1.165, 1.54) is 10.6 Å². The molecule has 150 valence electrons. The van der Waals surface area contributed by atoms with Crippen LogP contribution in [0.1, 0.15) is 29.6 Å². The maximum Gasteiger partial charge on any atom is 0.242 e. The molecule has 5 nitrogen and oxygen atoms in total. The van der Waals surface area contributed by atoms with Crippen molar-refractivity contribution in [2.45, 2.75) is 24.3 Å². The van der Waals surface area contributed by atoms with Crippen LogP contribution >= 0.6 is 0 Å². The number of imide groups is 1. The molecule has 0 radical (unpaired) electrons. The summed E-state index contributed by atoms with van der Waals surface area (Å²) >= 11 is 0. The Morgan fingerprint density at radius 3 is 2.60 bits per heavy atom. The molecule has 6 rings (SSSR count). The molecule has 0 saturated carbocycles. The van der Waals surface area contributed by atoms with Crippen LogP contribution in [0, 0.1) is 11.8 Å². The van der Waals surface area contributed by atoms with Crippen LogP contribution in [0.15, 0.2) is 83.2 Å². The lowest BCUT2D eigenvalue weighted by atomic mass is 9.73. The molecule has 30 heavy (non-hydrogen) atoms. The molecule has 0 spiro atoms. The summed E-state index contributed by atoms with van der Waals surface area (Å²) in [5, 5.41) is 0. The Morgan fingerprint density at radius 1 is 1.00 bits per heavy atom. The van der Waals surface area contributed by atoms with Gasteiger partial charge in [0.2, 0.25) is 11.8 Å². The first kappa shape index (κ1) is 17.5. The number of rotatable bonds is 2. The van der Waals surface area contributed by atoms with Crippen LogP contribution in [0.25, 0.3) is 0 Å². The standard InChI is InChI=1S/C25H22N2O3/c1-26-20-10-6-5-7-15(20)13-21(26)18-14-19-22(17-11-12-30-23(17)18)25(29)27(24(19)28)16-8-3-2-4-9-16/h2-13,15,18-20,22H,14H2,1H3/t15?,18-,19-,20?,22+/m0/s1. The number of fused-ring (bicyclic) bond motifs is 4.